The molecule has 182 valence electrons. The van der Waals surface area contributed by atoms with E-state index in [1.54, 1.807) is 0 Å². The van der Waals surface area contributed by atoms with Gasteiger partial charge in [0.25, 0.3) is 0 Å². The van der Waals surface area contributed by atoms with E-state index >= 15 is 0 Å². The van der Waals surface area contributed by atoms with Gasteiger partial charge in [0.1, 0.15) is 5.75 Å². The van der Waals surface area contributed by atoms with Gasteiger partial charge in [-0.1, -0.05) is 18.6 Å². The summed E-state index contributed by atoms with van der Waals surface area (Å²) in [7, 11) is 0. The summed E-state index contributed by atoms with van der Waals surface area (Å²) >= 11 is 0. The van der Waals surface area contributed by atoms with Crippen LogP contribution in [0.1, 0.15) is 44.3 Å². The zero-order valence-electron chi connectivity index (χ0n) is 18.5. The molecule has 0 saturated carbocycles. The molecule has 2 saturated heterocycles. The fourth-order valence-electron chi connectivity index (χ4n) is 4.28. The van der Waals surface area contributed by atoms with Crippen LogP contribution in [0.5, 0.6) is 5.75 Å². The molecule has 0 bridgehead atoms. The van der Waals surface area contributed by atoms with Crippen molar-refractivity contribution in [3.05, 3.63) is 29.8 Å². The van der Waals surface area contributed by atoms with Crippen molar-refractivity contribution in [2.45, 2.75) is 45.1 Å². The highest BCUT2D eigenvalue weighted by atomic mass is 127. The zero-order valence-corrected chi connectivity index (χ0v) is 20.8. The highest BCUT2D eigenvalue weighted by Gasteiger charge is 2.31. The van der Waals surface area contributed by atoms with E-state index in [0.29, 0.717) is 11.5 Å². The maximum atomic E-state index is 12.3. The molecule has 2 heterocycles. The number of halogens is 4. The topological polar surface area (TPSA) is 60.3 Å². The summed E-state index contributed by atoms with van der Waals surface area (Å²) in [5, 5.41) is 13.7. The summed E-state index contributed by atoms with van der Waals surface area (Å²) in [6.07, 6.45) is -0.578. The number of hydrogen-bond acceptors (Lipinski definition) is 4. The lowest BCUT2D eigenvalue weighted by Gasteiger charge is -2.29. The molecule has 32 heavy (non-hydrogen) atoms. The van der Waals surface area contributed by atoms with E-state index in [0.717, 1.165) is 38.6 Å². The molecule has 0 spiro atoms. The lowest BCUT2D eigenvalue weighted by molar-refractivity contribution is -0.274. The van der Waals surface area contributed by atoms with Gasteiger partial charge < -0.3 is 25.0 Å². The lowest BCUT2D eigenvalue weighted by Crippen LogP contribution is -2.41. The molecule has 3 rings (SSSR count). The number of hydrogen-bond donors (Lipinski definition) is 2. The first-order valence-corrected chi connectivity index (χ1v) is 11.1. The number of aliphatic hydroxyl groups is 1. The lowest BCUT2D eigenvalue weighted by atomic mass is 10.1. The number of aliphatic imine (C=N–C) groups is 1. The maximum Gasteiger partial charge on any atom is 0.573 e. The number of benzene rings is 1. The third-order valence-electron chi connectivity index (χ3n) is 5.80. The second kappa shape index (κ2) is 12.8. The Morgan fingerprint density at radius 1 is 1.19 bits per heavy atom. The number of aliphatic hydroxyl groups excluding tert-OH is 1. The monoisotopic (exact) mass is 570 g/mol. The number of rotatable bonds is 7. The Kier molecular flexibility index (Phi) is 10.8. The van der Waals surface area contributed by atoms with Crippen molar-refractivity contribution in [2.24, 2.45) is 10.9 Å². The fraction of sp³-hybridized carbons (Fsp3) is 0.682. The van der Waals surface area contributed by atoms with Gasteiger partial charge in [-0.05, 0) is 62.9 Å². The van der Waals surface area contributed by atoms with Crippen molar-refractivity contribution in [1.82, 2.24) is 15.1 Å². The first kappa shape index (κ1) is 27.0. The Labute approximate surface area is 205 Å². The zero-order chi connectivity index (χ0) is 22.3. The predicted molar refractivity (Wildman–Crippen MR) is 129 cm³/mol. The van der Waals surface area contributed by atoms with Gasteiger partial charge in [0.05, 0.1) is 12.6 Å². The highest BCUT2D eigenvalue weighted by Crippen LogP contribution is 2.25. The smallest absolute Gasteiger partial charge is 0.406 e. The van der Waals surface area contributed by atoms with Gasteiger partial charge in [0.2, 0.25) is 0 Å². The highest BCUT2D eigenvalue weighted by molar-refractivity contribution is 14.0. The molecule has 2 aliphatic heterocycles. The van der Waals surface area contributed by atoms with Gasteiger partial charge in [-0.2, -0.15) is 0 Å². The molecule has 2 atom stereocenters. The second-order valence-corrected chi connectivity index (χ2v) is 8.29. The molecule has 0 radical (unpaired) electrons. The molecule has 0 aliphatic carbocycles. The normalized spacial score (nSPS) is 21.2. The number of piperidine rings is 1. The van der Waals surface area contributed by atoms with Crippen LogP contribution >= 0.6 is 24.0 Å². The summed E-state index contributed by atoms with van der Waals surface area (Å²) in [5.41, 5.74) is 0.499. The van der Waals surface area contributed by atoms with Crippen molar-refractivity contribution in [3.8, 4) is 5.75 Å². The van der Waals surface area contributed by atoms with Crippen molar-refractivity contribution in [3.63, 3.8) is 0 Å². The van der Waals surface area contributed by atoms with Gasteiger partial charge in [-0.25, -0.2) is 0 Å². The van der Waals surface area contributed by atoms with E-state index in [4.69, 9.17) is 0 Å². The molecular formula is C22H34F3IN4O2. The standard InChI is InChI=1S/C22H33F3N4O2.HI/c1-2-26-21(29-13-10-17(16-29)15-28-11-4-3-5-12-28)27-14-20(30)18-6-8-19(9-7-18)31-22(23,24)25;/h6-9,17,20,30H,2-5,10-16H2,1H3,(H,26,27);1H. The molecule has 6 nitrogen and oxygen atoms in total. The van der Waals surface area contributed by atoms with E-state index in [9.17, 15) is 18.3 Å². The Morgan fingerprint density at radius 3 is 2.50 bits per heavy atom. The van der Waals surface area contributed by atoms with Crippen LogP contribution in [0.4, 0.5) is 13.2 Å². The maximum absolute atomic E-state index is 12.3. The van der Waals surface area contributed by atoms with Crippen molar-refractivity contribution in [1.29, 1.82) is 0 Å². The molecule has 10 heteroatoms. The van der Waals surface area contributed by atoms with E-state index < -0.39 is 12.5 Å². The molecular weight excluding hydrogens is 536 g/mol. The van der Waals surface area contributed by atoms with Crippen molar-refractivity contribution >= 4 is 29.9 Å². The van der Waals surface area contributed by atoms with Crippen LogP contribution in [0.2, 0.25) is 0 Å². The number of nitrogens with one attached hydrogen (secondary N) is 1. The van der Waals surface area contributed by atoms with Crippen LogP contribution in [-0.2, 0) is 0 Å². The van der Waals surface area contributed by atoms with Crippen LogP contribution in [0.3, 0.4) is 0 Å². The van der Waals surface area contributed by atoms with Crippen molar-refractivity contribution in [2.75, 3.05) is 45.8 Å². The van der Waals surface area contributed by atoms with E-state index in [2.05, 4.69) is 24.8 Å². The molecule has 0 amide bonds. The molecule has 1 aromatic rings. The quantitative estimate of drug-likeness (QED) is 0.295. The van der Waals surface area contributed by atoms with Gasteiger partial charge >= 0.3 is 6.36 Å². The van der Waals surface area contributed by atoms with Crippen molar-refractivity contribution < 1.29 is 23.0 Å². The third kappa shape index (κ3) is 8.58. The summed E-state index contributed by atoms with van der Waals surface area (Å²) in [5.74, 6) is 1.09. The molecule has 1 aromatic carbocycles. The minimum atomic E-state index is -4.73. The number of nitrogens with zero attached hydrogens (tertiary/aromatic N) is 3. The van der Waals surface area contributed by atoms with Crippen LogP contribution < -0.4 is 10.1 Å². The minimum Gasteiger partial charge on any atom is -0.406 e. The predicted octanol–water partition coefficient (Wildman–Crippen LogP) is 4.01. The fourth-order valence-corrected chi connectivity index (χ4v) is 4.28. The van der Waals surface area contributed by atoms with Crippen LogP contribution in [0.15, 0.2) is 29.3 Å². The average Bonchev–Trinajstić information content (AvgIpc) is 3.19. The second-order valence-electron chi connectivity index (χ2n) is 8.29. The molecule has 2 aliphatic rings. The first-order valence-electron chi connectivity index (χ1n) is 11.1. The molecule has 2 fully saturated rings. The van der Waals surface area contributed by atoms with Crippen LogP contribution in [-0.4, -0.2) is 73.0 Å². The number of ether oxygens (including phenoxy) is 1. The SMILES string of the molecule is CCNC(=NCC(O)c1ccc(OC(F)(F)F)cc1)N1CCC(CN2CCCCC2)C1.I. The Balaban J connectivity index is 0.00000363. The van der Waals surface area contributed by atoms with Gasteiger partial charge in [-0.3, -0.25) is 4.99 Å². The third-order valence-corrected chi connectivity index (χ3v) is 5.80. The number of guanidine groups is 1. The Bertz CT molecular complexity index is 712. The van der Waals surface area contributed by atoms with E-state index in [1.165, 1.54) is 56.6 Å². The summed E-state index contributed by atoms with van der Waals surface area (Å²) in [6, 6.07) is 5.26. The number of likely N-dealkylation sites (tertiary alicyclic amines) is 2. The molecule has 0 aromatic heterocycles. The van der Waals surface area contributed by atoms with Gasteiger partial charge in [0.15, 0.2) is 5.96 Å². The minimum absolute atomic E-state index is 0. The summed E-state index contributed by atoms with van der Waals surface area (Å²) in [4.78, 5) is 9.40. The van der Waals surface area contributed by atoms with E-state index in [-0.39, 0.29) is 36.3 Å². The van der Waals surface area contributed by atoms with Crippen LogP contribution in [0, 0.1) is 5.92 Å². The largest absolute Gasteiger partial charge is 0.573 e. The van der Waals surface area contributed by atoms with E-state index in [1.807, 2.05) is 6.92 Å². The Morgan fingerprint density at radius 2 is 1.88 bits per heavy atom. The van der Waals surface area contributed by atoms with Gasteiger partial charge in [0, 0.05) is 26.2 Å². The number of alkyl halides is 3. The van der Waals surface area contributed by atoms with Gasteiger partial charge in [-0.15, -0.1) is 37.1 Å². The molecule has 2 unspecified atom stereocenters. The Hall–Kier alpha value is -1.27. The van der Waals surface area contributed by atoms with Crippen LogP contribution in [0.25, 0.3) is 0 Å². The summed E-state index contributed by atoms with van der Waals surface area (Å²) in [6.45, 7) is 8.28. The average molecular weight is 570 g/mol. The first-order chi connectivity index (χ1) is 14.8. The molecule has 2 N–H and O–H groups in total. The summed E-state index contributed by atoms with van der Waals surface area (Å²) < 4.78 is 40.7.